The van der Waals surface area contributed by atoms with E-state index in [9.17, 15) is 9.90 Å². The number of aliphatic hydroxyl groups excluding tert-OH is 1. The predicted octanol–water partition coefficient (Wildman–Crippen LogP) is 1.09. The fraction of sp³-hybridized carbons (Fsp3) is 0.0833. The Morgan fingerprint density at radius 3 is 2.95 bits per heavy atom. The Hall–Kier alpha value is -2.34. The van der Waals surface area contributed by atoms with Gasteiger partial charge in [-0.1, -0.05) is 12.1 Å². The minimum atomic E-state index is -0.984. The van der Waals surface area contributed by atoms with Crippen LogP contribution in [0.2, 0.25) is 0 Å². The molecule has 0 aliphatic carbocycles. The number of para-hydroxylation sites is 1. The van der Waals surface area contributed by atoms with Crippen LogP contribution in [-0.2, 0) is 0 Å². The molecule has 3 rings (SSSR count). The first kappa shape index (κ1) is 13.6. The van der Waals surface area contributed by atoms with Crippen molar-refractivity contribution in [1.82, 2.24) is 19.9 Å². The van der Waals surface area contributed by atoms with Gasteiger partial charge in [-0.15, -0.1) is 0 Å². The SMILES string of the molecule is O=[C]([Al])Nc1nc2c(C(O)Nc3ncc[nH]3)cccc2[nH]1. The summed E-state index contributed by atoms with van der Waals surface area (Å²) < 4.78 is -0.301. The van der Waals surface area contributed by atoms with Crippen molar-refractivity contribution < 1.29 is 9.90 Å². The third-order valence-electron chi connectivity index (χ3n) is 2.85. The molecule has 1 atom stereocenters. The molecular formula is C12H11AlN6O2. The van der Waals surface area contributed by atoms with E-state index in [1.165, 1.54) is 0 Å². The van der Waals surface area contributed by atoms with E-state index in [1.807, 2.05) is 22.4 Å². The van der Waals surface area contributed by atoms with Crippen molar-refractivity contribution in [1.29, 1.82) is 0 Å². The number of benzene rings is 1. The molecule has 0 aliphatic heterocycles. The van der Waals surface area contributed by atoms with Gasteiger partial charge in [-0.3, -0.25) is 0 Å². The molecule has 8 nitrogen and oxygen atoms in total. The highest BCUT2D eigenvalue weighted by Crippen LogP contribution is 2.24. The smallest absolute Gasteiger partial charge is 0.282 e. The van der Waals surface area contributed by atoms with Crippen LogP contribution >= 0.6 is 0 Å². The first-order valence-corrected chi connectivity index (χ1v) is 6.70. The molecule has 3 aromatic rings. The van der Waals surface area contributed by atoms with Crippen LogP contribution in [0.5, 0.6) is 0 Å². The van der Waals surface area contributed by atoms with Gasteiger partial charge < -0.3 is 30.5 Å². The minimum absolute atomic E-state index is 0.301. The Labute approximate surface area is 127 Å². The summed E-state index contributed by atoms with van der Waals surface area (Å²) in [5, 5.41) is 15.6. The van der Waals surface area contributed by atoms with Gasteiger partial charge in [-0.2, -0.15) is 0 Å². The zero-order valence-electron chi connectivity index (χ0n) is 10.8. The summed E-state index contributed by atoms with van der Waals surface area (Å²) in [6, 6.07) is 5.34. The van der Waals surface area contributed by atoms with Crippen molar-refractivity contribution in [2.75, 3.05) is 10.6 Å². The number of amides is 1. The molecule has 0 aliphatic rings. The molecule has 9 heteroatoms. The van der Waals surface area contributed by atoms with E-state index in [1.54, 1.807) is 24.5 Å². The molecule has 2 radical (unpaired) electrons. The van der Waals surface area contributed by atoms with E-state index in [2.05, 4.69) is 30.6 Å². The number of hydrogen-bond donors (Lipinski definition) is 5. The number of carbonyl (C=O) groups is 1. The molecule has 0 spiro atoms. The van der Waals surface area contributed by atoms with Crippen LogP contribution in [0.25, 0.3) is 11.0 Å². The number of fused-ring (bicyclic) bond motifs is 1. The fourth-order valence-electron chi connectivity index (χ4n) is 2.00. The van der Waals surface area contributed by atoms with Crippen molar-refractivity contribution in [2.45, 2.75) is 6.23 Å². The molecule has 104 valence electrons. The molecule has 1 unspecified atom stereocenters. The number of imidazole rings is 2. The molecule has 5 N–H and O–H groups in total. The number of nitrogens with one attached hydrogen (secondary N) is 4. The Balaban J connectivity index is 1.93. The van der Waals surface area contributed by atoms with E-state index in [0.717, 1.165) is 0 Å². The number of aromatic nitrogens is 4. The van der Waals surface area contributed by atoms with Crippen LogP contribution < -0.4 is 10.6 Å². The van der Waals surface area contributed by atoms with Crippen molar-refractivity contribution in [3.63, 3.8) is 0 Å². The second-order valence-electron chi connectivity index (χ2n) is 4.30. The van der Waals surface area contributed by atoms with E-state index in [0.29, 0.717) is 28.5 Å². The summed E-state index contributed by atoms with van der Waals surface area (Å²) in [5.41, 5.74) is 1.85. The molecule has 2 aromatic heterocycles. The highest BCUT2D eigenvalue weighted by molar-refractivity contribution is 6.60. The molecule has 1 amide bonds. The summed E-state index contributed by atoms with van der Waals surface area (Å²) in [4.78, 5) is 25.1. The van der Waals surface area contributed by atoms with Crippen LogP contribution in [0.1, 0.15) is 11.8 Å². The lowest BCUT2D eigenvalue weighted by Gasteiger charge is -2.12. The van der Waals surface area contributed by atoms with Crippen LogP contribution in [0.3, 0.4) is 0 Å². The van der Waals surface area contributed by atoms with Crippen molar-refractivity contribution in [2.24, 2.45) is 0 Å². The Morgan fingerprint density at radius 2 is 2.24 bits per heavy atom. The summed E-state index contributed by atoms with van der Waals surface area (Å²) in [7, 11) is 0. The first-order chi connectivity index (χ1) is 10.1. The van der Waals surface area contributed by atoms with Crippen molar-refractivity contribution in [3.05, 3.63) is 36.2 Å². The standard InChI is InChI=1S/C12H11N6O2.Al/c19-6-15-12-16-8-3-1-2-7(9(8)17-12)10(20)18-11-13-4-5-14-11;/h1-5,10,20H,(H2,13,14,18)(H2,15,16,17,19);. The molecule has 1 aromatic carbocycles. The van der Waals surface area contributed by atoms with Crippen LogP contribution in [-0.4, -0.2) is 46.1 Å². The zero-order chi connectivity index (χ0) is 14.8. The van der Waals surface area contributed by atoms with Gasteiger partial charge in [-0.05, 0) is 6.07 Å². The largest absolute Gasteiger partial charge is 0.369 e. The Morgan fingerprint density at radius 1 is 1.38 bits per heavy atom. The third kappa shape index (κ3) is 2.90. The van der Waals surface area contributed by atoms with Gasteiger partial charge in [-0.25, -0.2) is 9.97 Å². The molecule has 21 heavy (non-hydrogen) atoms. The molecule has 0 bridgehead atoms. The van der Waals surface area contributed by atoms with Crippen LogP contribution in [0.15, 0.2) is 30.6 Å². The van der Waals surface area contributed by atoms with Gasteiger partial charge in [0.1, 0.15) is 4.77 Å². The number of anilines is 2. The Bertz CT molecular complexity index is 769. The number of aromatic amines is 2. The van der Waals surface area contributed by atoms with E-state index >= 15 is 0 Å². The number of aliphatic hydroxyl groups is 1. The lowest BCUT2D eigenvalue weighted by molar-refractivity contribution is 0.208. The number of H-pyrrole nitrogens is 2. The molecule has 0 saturated heterocycles. The Kier molecular flexibility index (Phi) is 3.62. The van der Waals surface area contributed by atoms with Gasteiger partial charge in [0, 0.05) is 18.0 Å². The average Bonchev–Trinajstić information content (AvgIpc) is 3.05. The highest BCUT2D eigenvalue weighted by Gasteiger charge is 2.15. The zero-order valence-corrected chi connectivity index (χ0v) is 11.9. The number of hydrogen-bond acceptors (Lipinski definition) is 5. The van der Waals surface area contributed by atoms with Gasteiger partial charge in [0.05, 0.1) is 11.0 Å². The van der Waals surface area contributed by atoms with Crippen LogP contribution in [0.4, 0.5) is 16.7 Å². The van der Waals surface area contributed by atoms with Crippen molar-refractivity contribution in [3.8, 4) is 0 Å². The van der Waals surface area contributed by atoms with Gasteiger partial charge in [0.2, 0.25) is 11.9 Å². The van der Waals surface area contributed by atoms with Gasteiger partial charge in [0.15, 0.2) is 6.23 Å². The molecular weight excluding hydrogens is 287 g/mol. The number of carbonyl (C=O) groups excluding carboxylic acids is 1. The summed E-state index contributed by atoms with van der Waals surface area (Å²) in [6.45, 7) is 0. The molecule has 0 fully saturated rings. The highest BCUT2D eigenvalue weighted by atomic mass is 27.0. The maximum absolute atomic E-state index is 11.0. The van der Waals surface area contributed by atoms with Gasteiger partial charge in [0.25, 0.3) is 16.3 Å². The van der Waals surface area contributed by atoms with Crippen molar-refractivity contribution >= 4 is 44.0 Å². The summed E-state index contributed by atoms with van der Waals surface area (Å²) >= 11 is 2.01. The molecule has 0 saturated carbocycles. The quantitative estimate of drug-likeness (QED) is 0.365. The summed E-state index contributed by atoms with van der Waals surface area (Å²) in [6.07, 6.45) is 2.25. The first-order valence-electron chi connectivity index (χ1n) is 6.12. The van der Waals surface area contributed by atoms with E-state index < -0.39 is 6.23 Å². The summed E-state index contributed by atoms with van der Waals surface area (Å²) in [5.74, 6) is 0.774. The normalized spacial score (nSPS) is 12.2. The lowest BCUT2D eigenvalue weighted by Crippen LogP contribution is -2.11. The predicted molar refractivity (Wildman–Crippen MR) is 78.0 cm³/mol. The lowest BCUT2D eigenvalue weighted by atomic mass is 10.1. The molecule has 2 heterocycles. The third-order valence-corrected chi connectivity index (χ3v) is 3.00. The second kappa shape index (κ2) is 5.57. The monoisotopic (exact) mass is 298 g/mol. The maximum atomic E-state index is 11.0. The van der Waals surface area contributed by atoms with Gasteiger partial charge >= 0.3 is 0 Å². The topological polar surface area (TPSA) is 119 Å². The van der Waals surface area contributed by atoms with Crippen LogP contribution in [0, 0.1) is 0 Å². The fourth-order valence-corrected chi connectivity index (χ4v) is 2.14. The van der Waals surface area contributed by atoms with E-state index in [4.69, 9.17) is 0 Å². The van der Waals surface area contributed by atoms with E-state index in [-0.39, 0.29) is 4.77 Å². The number of rotatable bonds is 4. The maximum Gasteiger partial charge on any atom is 0.282 e. The average molecular weight is 298 g/mol. The minimum Gasteiger partial charge on any atom is -0.369 e. The second-order valence-corrected chi connectivity index (χ2v) is 4.83. The number of nitrogens with zero attached hydrogens (tertiary/aromatic N) is 2.